The van der Waals surface area contributed by atoms with E-state index in [0.717, 1.165) is 13.1 Å². The van der Waals surface area contributed by atoms with Gasteiger partial charge in [0.05, 0.1) is 0 Å². The van der Waals surface area contributed by atoms with Gasteiger partial charge in [0.2, 0.25) is 0 Å². The number of ether oxygens (including phenoxy) is 1. The van der Waals surface area contributed by atoms with E-state index in [1.807, 2.05) is 0 Å². The van der Waals surface area contributed by atoms with Gasteiger partial charge < -0.3 is 16.6 Å². The van der Waals surface area contributed by atoms with Gasteiger partial charge in [-0.15, -0.1) is 0 Å². The third-order valence-corrected chi connectivity index (χ3v) is 3.05. The Bertz CT molecular complexity index is 299. The van der Waals surface area contributed by atoms with E-state index < -0.39 is 18.1 Å². The average molecular weight is 266 g/mol. The molecule has 0 aromatic heterocycles. The van der Waals surface area contributed by atoms with E-state index in [1.165, 1.54) is 12.8 Å². The Labute approximate surface area is 127 Å². The molecule has 1 heterocycles. The number of hydrogen-bond acceptors (Lipinski definition) is 4. The van der Waals surface area contributed by atoms with Gasteiger partial charge in [0.15, 0.2) is 0 Å². The summed E-state index contributed by atoms with van der Waals surface area (Å²) in [7, 11) is 0. The second kappa shape index (κ2) is 9.24. The van der Waals surface area contributed by atoms with E-state index in [1.54, 1.807) is 13.8 Å². The normalized spacial score (nSPS) is 16.8. The van der Waals surface area contributed by atoms with Gasteiger partial charge in [-0.2, -0.15) is 0 Å². The first-order valence-corrected chi connectivity index (χ1v) is 6.39. The maximum Gasteiger partial charge on any atom is 1.00 e. The Hall–Kier alpha value is -0.703. The van der Waals surface area contributed by atoms with Crippen LogP contribution in [0.25, 0.3) is 0 Å². The summed E-state index contributed by atoms with van der Waals surface area (Å²) in [5.41, 5.74) is 0. The number of likely N-dealkylation sites (tertiary alicyclic amines) is 1. The fourth-order valence-corrected chi connectivity index (χ4v) is 1.96. The van der Waals surface area contributed by atoms with Crippen LogP contribution in [0.4, 0.5) is 4.79 Å². The SMILES string of the molecule is CC(C)C(NC(=O)OCCN1CCCC1)C(=O)O.[H-].[Li+]. The van der Waals surface area contributed by atoms with Gasteiger partial charge in [0.1, 0.15) is 12.6 Å². The zero-order valence-corrected chi connectivity index (χ0v) is 12.0. The molecule has 7 heteroatoms. The first-order valence-electron chi connectivity index (χ1n) is 6.39. The van der Waals surface area contributed by atoms with Crippen molar-refractivity contribution in [1.82, 2.24) is 10.2 Å². The van der Waals surface area contributed by atoms with Crippen LogP contribution in [0.1, 0.15) is 28.1 Å². The largest absolute Gasteiger partial charge is 1.00 e. The minimum atomic E-state index is -1.04. The monoisotopic (exact) mass is 266 g/mol. The second-order valence-electron chi connectivity index (χ2n) is 4.89. The van der Waals surface area contributed by atoms with Gasteiger partial charge in [0, 0.05) is 6.54 Å². The predicted molar refractivity (Wildman–Crippen MR) is 67.5 cm³/mol. The molecule has 0 spiro atoms. The molecule has 106 valence electrons. The van der Waals surface area contributed by atoms with Gasteiger partial charge >= 0.3 is 30.9 Å². The van der Waals surface area contributed by atoms with Crippen molar-refractivity contribution in [2.45, 2.75) is 32.7 Å². The first kappa shape index (κ1) is 18.3. The van der Waals surface area contributed by atoms with Gasteiger partial charge in [-0.05, 0) is 31.8 Å². The van der Waals surface area contributed by atoms with Crippen LogP contribution in [0, 0.1) is 5.92 Å². The molecule has 2 N–H and O–H groups in total. The number of carbonyl (C=O) groups is 2. The molecule has 0 aromatic rings. The number of nitrogens with one attached hydrogen (secondary N) is 1. The van der Waals surface area contributed by atoms with Crippen molar-refractivity contribution >= 4 is 12.1 Å². The molecular weight excluding hydrogens is 243 g/mol. The minimum absolute atomic E-state index is 0. The van der Waals surface area contributed by atoms with Crippen LogP contribution in [0.5, 0.6) is 0 Å². The summed E-state index contributed by atoms with van der Waals surface area (Å²) in [4.78, 5) is 24.5. The number of carbonyl (C=O) groups excluding carboxylic acids is 1. The number of rotatable bonds is 6. The van der Waals surface area contributed by atoms with Crippen molar-refractivity contribution in [2.75, 3.05) is 26.2 Å². The Morgan fingerprint density at radius 2 is 1.95 bits per heavy atom. The van der Waals surface area contributed by atoms with E-state index in [0.29, 0.717) is 13.2 Å². The standard InChI is InChI=1S/C12H22N2O4.Li.H/c1-9(2)10(11(15)16)13-12(17)18-8-7-14-5-3-4-6-14;;/h9-10H,3-8H2,1-2H3,(H,13,17)(H,15,16);;/q;+1;-1. The molecule has 6 nitrogen and oxygen atoms in total. The summed E-state index contributed by atoms with van der Waals surface area (Å²) in [5, 5.41) is 11.3. The van der Waals surface area contributed by atoms with Crippen molar-refractivity contribution < 1.29 is 39.7 Å². The molecule has 1 saturated heterocycles. The van der Waals surface area contributed by atoms with Crippen molar-refractivity contribution in [3.63, 3.8) is 0 Å². The van der Waals surface area contributed by atoms with E-state index in [-0.39, 0.29) is 26.2 Å². The van der Waals surface area contributed by atoms with Crippen LogP contribution in [0.15, 0.2) is 0 Å². The summed E-state index contributed by atoms with van der Waals surface area (Å²) in [5.74, 6) is -1.21. The third kappa shape index (κ3) is 6.86. The first-order chi connectivity index (χ1) is 8.50. The summed E-state index contributed by atoms with van der Waals surface area (Å²) >= 11 is 0. The number of carboxylic acid groups (broad SMARTS) is 1. The van der Waals surface area contributed by atoms with Crippen molar-refractivity contribution in [2.24, 2.45) is 5.92 Å². The molecule has 1 amide bonds. The van der Waals surface area contributed by atoms with Gasteiger partial charge in [-0.1, -0.05) is 13.8 Å². The van der Waals surface area contributed by atoms with Crippen molar-refractivity contribution in [1.29, 1.82) is 0 Å². The summed E-state index contributed by atoms with van der Waals surface area (Å²) < 4.78 is 4.98. The molecule has 0 bridgehead atoms. The molecule has 0 radical (unpaired) electrons. The Morgan fingerprint density at radius 3 is 2.42 bits per heavy atom. The fourth-order valence-electron chi connectivity index (χ4n) is 1.96. The summed E-state index contributed by atoms with van der Waals surface area (Å²) in [6.07, 6.45) is 1.73. The number of aliphatic carboxylic acids is 1. The van der Waals surface area contributed by atoms with Crippen LogP contribution in [-0.2, 0) is 9.53 Å². The zero-order valence-electron chi connectivity index (χ0n) is 13.0. The average Bonchev–Trinajstić information content (AvgIpc) is 2.78. The van der Waals surface area contributed by atoms with E-state index in [9.17, 15) is 9.59 Å². The molecule has 1 rings (SSSR count). The third-order valence-electron chi connectivity index (χ3n) is 3.05. The number of nitrogens with zero attached hydrogens (tertiary/aromatic N) is 1. The van der Waals surface area contributed by atoms with Crippen LogP contribution in [0.3, 0.4) is 0 Å². The molecular formula is C12H23LiN2O4. The number of amides is 1. The summed E-state index contributed by atoms with van der Waals surface area (Å²) in [6, 6.07) is -0.899. The zero-order chi connectivity index (χ0) is 13.5. The Balaban J connectivity index is 0. The molecule has 1 fully saturated rings. The van der Waals surface area contributed by atoms with Crippen LogP contribution < -0.4 is 24.2 Å². The van der Waals surface area contributed by atoms with Crippen LogP contribution in [0.2, 0.25) is 0 Å². The number of alkyl carbamates (subject to hydrolysis) is 1. The van der Waals surface area contributed by atoms with Crippen molar-refractivity contribution in [3.05, 3.63) is 0 Å². The van der Waals surface area contributed by atoms with Crippen LogP contribution >= 0.6 is 0 Å². The molecule has 0 aromatic carbocycles. The maximum atomic E-state index is 11.4. The van der Waals surface area contributed by atoms with E-state index >= 15 is 0 Å². The molecule has 1 aliphatic rings. The number of carboxylic acids is 1. The minimum Gasteiger partial charge on any atom is -1.00 e. The Kier molecular flexibility index (Phi) is 8.90. The molecule has 19 heavy (non-hydrogen) atoms. The fraction of sp³-hybridized carbons (Fsp3) is 0.833. The predicted octanol–water partition coefficient (Wildman–Crippen LogP) is -1.97. The van der Waals surface area contributed by atoms with Gasteiger partial charge in [0.25, 0.3) is 0 Å². The topological polar surface area (TPSA) is 78.9 Å². The molecule has 0 saturated carbocycles. The number of hydrogen-bond donors (Lipinski definition) is 2. The van der Waals surface area contributed by atoms with Crippen LogP contribution in [-0.4, -0.2) is 54.4 Å². The quantitative estimate of drug-likeness (QED) is 0.545. The van der Waals surface area contributed by atoms with Gasteiger partial charge in [-0.25, -0.2) is 9.59 Å². The smallest absolute Gasteiger partial charge is 1.00 e. The Morgan fingerprint density at radius 1 is 1.37 bits per heavy atom. The molecule has 1 unspecified atom stereocenters. The van der Waals surface area contributed by atoms with E-state index in [4.69, 9.17) is 9.84 Å². The molecule has 1 atom stereocenters. The maximum absolute atomic E-state index is 11.4. The van der Waals surface area contributed by atoms with Gasteiger partial charge in [-0.3, -0.25) is 4.90 Å². The van der Waals surface area contributed by atoms with Crippen molar-refractivity contribution in [3.8, 4) is 0 Å². The van der Waals surface area contributed by atoms with E-state index in [2.05, 4.69) is 10.2 Å². The second-order valence-corrected chi connectivity index (χ2v) is 4.89. The summed E-state index contributed by atoms with van der Waals surface area (Å²) in [6.45, 7) is 6.60. The molecule has 0 aliphatic carbocycles. The molecule has 1 aliphatic heterocycles.